The third kappa shape index (κ3) is 4.92. The summed E-state index contributed by atoms with van der Waals surface area (Å²) in [5.74, 6) is 0.636. The fraction of sp³-hybridized carbons (Fsp3) is 0.273. The molecule has 1 saturated heterocycles. The molecule has 7 heteroatoms. The first kappa shape index (κ1) is 21.2. The van der Waals surface area contributed by atoms with Gasteiger partial charge in [-0.2, -0.15) is 0 Å². The highest BCUT2D eigenvalue weighted by atomic mass is 32.2. The molecular weight excluding hydrogens is 402 g/mol. The monoisotopic (exact) mass is 427 g/mol. The minimum absolute atomic E-state index is 0.0878. The van der Waals surface area contributed by atoms with E-state index in [0.717, 1.165) is 30.1 Å². The van der Waals surface area contributed by atoms with Crippen LogP contribution in [0.4, 0.5) is 11.4 Å². The zero-order chi connectivity index (χ0) is 20.8. The van der Waals surface area contributed by atoms with Crippen molar-refractivity contribution in [2.24, 2.45) is 0 Å². The van der Waals surface area contributed by atoms with Gasteiger partial charge in [-0.25, -0.2) is 0 Å². The first-order valence-electron chi connectivity index (χ1n) is 9.54. The Morgan fingerprint density at radius 1 is 1.14 bits per heavy atom. The minimum atomic E-state index is -0.0878. The van der Waals surface area contributed by atoms with Crippen molar-refractivity contribution in [3.63, 3.8) is 0 Å². The lowest BCUT2D eigenvalue weighted by Crippen LogP contribution is -2.33. The van der Waals surface area contributed by atoms with Gasteiger partial charge in [0.15, 0.2) is 0 Å². The van der Waals surface area contributed by atoms with Crippen molar-refractivity contribution in [3.05, 3.63) is 59.0 Å². The molecule has 0 aromatic heterocycles. The Morgan fingerprint density at radius 3 is 2.48 bits per heavy atom. The van der Waals surface area contributed by atoms with Crippen LogP contribution in [0.2, 0.25) is 0 Å². The topological polar surface area (TPSA) is 44.8 Å². The standard InChI is InChI=1S/C22H25N3O2S2/c1-4-24(5-2)17-12-10-16(11-13-17)14-20-21(26)25(22(28)29-20)15-23-18-8-6-7-9-19(18)27-3/h6-14,23H,4-5,15H2,1-3H3. The summed E-state index contributed by atoms with van der Waals surface area (Å²) in [6.07, 6.45) is 1.90. The second-order valence-corrected chi connectivity index (χ2v) is 8.08. The third-order valence-corrected chi connectivity index (χ3v) is 6.11. The summed E-state index contributed by atoms with van der Waals surface area (Å²) in [6.45, 7) is 6.51. The maximum atomic E-state index is 12.8. The van der Waals surface area contributed by atoms with E-state index in [1.54, 1.807) is 12.0 Å². The molecule has 1 aliphatic heterocycles. The summed E-state index contributed by atoms with van der Waals surface area (Å²) in [7, 11) is 1.62. The number of hydrogen-bond acceptors (Lipinski definition) is 6. The van der Waals surface area contributed by atoms with E-state index < -0.39 is 0 Å². The van der Waals surface area contributed by atoms with Crippen molar-refractivity contribution in [1.29, 1.82) is 0 Å². The van der Waals surface area contributed by atoms with Crippen LogP contribution in [0.15, 0.2) is 53.4 Å². The number of benzene rings is 2. The van der Waals surface area contributed by atoms with Crippen molar-refractivity contribution < 1.29 is 9.53 Å². The van der Waals surface area contributed by atoms with Crippen molar-refractivity contribution >= 4 is 51.7 Å². The molecule has 0 aliphatic carbocycles. The van der Waals surface area contributed by atoms with Gasteiger partial charge in [-0.1, -0.05) is 48.2 Å². The van der Waals surface area contributed by atoms with E-state index in [1.807, 2.05) is 42.5 Å². The first-order valence-corrected chi connectivity index (χ1v) is 10.8. The van der Waals surface area contributed by atoms with Crippen molar-refractivity contribution in [3.8, 4) is 5.75 Å². The summed E-state index contributed by atoms with van der Waals surface area (Å²) in [6, 6.07) is 15.8. The van der Waals surface area contributed by atoms with Crippen LogP contribution in [-0.2, 0) is 4.79 Å². The van der Waals surface area contributed by atoms with Gasteiger partial charge >= 0.3 is 0 Å². The lowest BCUT2D eigenvalue weighted by Gasteiger charge is -2.20. The summed E-state index contributed by atoms with van der Waals surface area (Å²) < 4.78 is 5.88. The van der Waals surface area contributed by atoms with Gasteiger partial charge in [0.05, 0.1) is 24.4 Å². The van der Waals surface area contributed by atoms with Gasteiger partial charge in [-0.3, -0.25) is 9.69 Å². The van der Waals surface area contributed by atoms with Crippen LogP contribution < -0.4 is 15.0 Å². The van der Waals surface area contributed by atoms with E-state index in [2.05, 4.69) is 36.2 Å². The second-order valence-electron chi connectivity index (χ2n) is 6.41. The maximum absolute atomic E-state index is 12.8. The predicted molar refractivity (Wildman–Crippen MR) is 126 cm³/mol. The lowest BCUT2D eigenvalue weighted by atomic mass is 10.1. The number of nitrogens with one attached hydrogen (secondary N) is 1. The van der Waals surface area contributed by atoms with Gasteiger partial charge in [0.25, 0.3) is 5.91 Å². The van der Waals surface area contributed by atoms with Crippen LogP contribution in [0.1, 0.15) is 19.4 Å². The van der Waals surface area contributed by atoms with Crippen LogP contribution in [0, 0.1) is 0 Å². The highest BCUT2D eigenvalue weighted by Gasteiger charge is 2.31. The fourth-order valence-electron chi connectivity index (χ4n) is 3.11. The normalized spacial score (nSPS) is 15.1. The molecule has 0 unspecified atom stereocenters. The molecular formula is C22H25N3O2S2. The highest BCUT2D eigenvalue weighted by Crippen LogP contribution is 2.33. The van der Waals surface area contributed by atoms with Gasteiger partial charge in [-0.15, -0.1) is 0 Å². The van der Waals surface area contributed by atoms with Gasteiger partial charge < -0.3 is 15.0 Å². The Bertz CT molecular complexity index is 909. The Kier molecular flexibility index (Phi) is 7.17. The van der Waals surface area contributed by atoms with E-state index in [0.29, 0.717) is 15.9 Å². The molecule has 1 amide bonds. The number of ether oxygens (including phenoxy) is 1. The summed E-state index contributed by atoms with van der Waals surface area (Å²) >= 11 is 6.75. The lowest BCUT2D eigenvalue weighted by molar-refractivity contribution is -0.121. The Balaban J connectivity index is 1.69. The molecule has 5 nitrogen and oxygen atoms in total. The van der Waals surface area contributed by atoms with Crippen molar-refractivity contribution in [2.45, 2.75) is 13.8 Å². The number of nitrogens with zero attached hydrogens (tertiary/aromatic N) is 2. The molecule has 1 aliphatic rings. The molecule has 2 aromatic rings. The van der Waals surface area contributed by atoms with Crippen LogP contribution in [-0.4, -0.2) is 42.0 Å². The molecule has 29 heavy (non-hydrogen) atoms. The van der Waals surface area contributed by atoms with Crippen molar-refractivity contribution in [2.75, 3.05) is 37.1 Å². The molecule has 0 atom stereocenters. The Hall–Kier alpha value is -2.51. The van der Waals surface area contributed by atoms with E-state index in [1.165, 1.54) is 17.4 Å². The Morgan fingerprint density at radius 2 is 1.83 bits per heavy atom. The van der Waals surface area contributed by atoms with Crippen LogP contribution in [0.25, 0.3) is 6.08 Å². The molecule has 0 bridgehead atoms. The van der Waals surface area contributed by atoms with Crippen molar-refractivity contribution in [1.82, 2.24) is 4.90 Å². The van der Waals surface area contributed by atoms with E-state index in [4.69, 9.17) is 17.0 Å². The number of rotatable bonds is 8. The zero-order valence-corrected chi connectivity index (χ0v) is 18.5. The van der Waals surface area contributed by atoms with Crippen LogP contribution in [0.5, 0.6) is 5.75 Å². The molecule has 0 spiro atoms. The number of para-hydroxylation sites is 2. The average Bonchev–Trinajstić information content (AvgIpc) is 3.01. The van der Waals surface area contributed by atoms with Gasteiger partial charge in [0.2, 0.25) is 0 Å². The molecule has 1 N–H and O–H groups in total. The smallest absolute Gasteiger partial charge is 0.267 e. The number of methoxy groups -OCH3 is 1. The second kappa shape index (κ2) is 9.80. The molecule has 0 saturated carbocycles. The quantitative estimate of drug-likeness (QED) is 0.482. The minimum Gasteiger partial charge on any atom is -0.495 e. The summed E-state index contributed by atoms with van der Waals surface area (Å²) in [5.41, 5.74) is 2.99. The SMILES string of the molecule is CCN(CC)c1ccc(C=C2SC(=S)N(CNc3ccccc3OC)C2=O)cc1. The number of amides is 1. The van der Waals surface area contributed by atoms with Gasteiger partial charge in [-0.05, 0) is 49.8 Å². The number of carbonyl (C=O) groups is 1. The van der Waals surface area contributed by atoms with E-state index >= 15 is 0 Å². The zero-order valence-electron chi connectivity index (χ0n) is 16.8. The number of hydrogen-bond donors (Lipinski definition) is 1. The third-order valence-electron chi connectivity index (χ3n) is 4.73. The largest absolute Gasteiger partial charge is 0.495 e. The number of anilines is 2. The number of carbonyl (C=O) groups excluding carboxylic acids is 1. The predicted octanol–water partition coefficient (Wildman–Crippen LogP) is 4.81. The van der Waals surface area contributed by atoms with E-state index in [-0.39, 0.29) is 5.91 Å². The molecule has 2 aromatic carbocycles. The van der Waals surface area contributed by atoms with Crippen LogP contribution in [0.3, 0.4) is 0 Å². The average molecular weight is 428 g/mol. The van der Waals surface area contributed by atoms with Gasteiger partial charge in [0, 0.05) is 18.8 Å². The number of thioether (sulfide) groups is 1. The molecule has 0 radical (unpaired) electrons. The Labute approximate surface area is 181 Å². The molecule has 1 heterocycles. The van der Waals surface area contributed by atoms with Gasteiger partial charge in [0.1, 0.15) is 10.1 Å². The summed E-state index contributed by atoms with van der Waals surface area (Å²) in [4.78, 5) is 17.3. The maximum Gasteiger partial charge on any atom is 0.267 e. The summed E-state index contributed by atoms with van der Waals surface area (Å²) in [5, 5.41) is 3.23. The van der Waals surface area contributed by atoms with E-state index in [9.17, 15) is 4.79 Å². The number of thiocarbonyl (C=S) groups is 1. The first-order chi connectivity index (χ1) is 14.1. The highest BCUT2D eigenvalue weighted by molar-refractivity contribution is 8.26. The molecule has 1 fully saturated rings. The molecule has 3 rings (SSSR count). The van der Waals surface area contributed by atoms with Crippen LogP contribution >= 0.6 is 24.0 Å². The molecule has 152 valence electrons. The fourth-order valence-corrected chi connectivity index (χ4v) is 4.37.